The Morgan fingerprint density at radius 2 is 2.00 bits per heavy atom. The lowest BCUT2D eigenvalue weighted by atomic mass is 10.0. The van der Waals surface area contributed by atoms with Gasteiger partial charge in [0.1, 0.15) is 5.84 Å². The minimum absolute atomic E-state index is 0.131. The zero-order valence-corrected chi connectivity index (χ0v) is 11.2. The fraction of sp³-hybridized carbons (Fsp3) is 0.500. The molecular formula is C14H22N4. The van der Waals surface area contributed by atoms with Crippen LogP contribution in [-0.4, -0.2) is 44.0 Å². The van der Waals surface area contributed by atoms with Crippen LogP contribution in [0.5, 0.6) is 0 Å². The minimum Gasteiger partial charge on any atom is -0.384 e. The van der Waals surface area contributed by atoms with E-state index in [1.165, 1.54) is 18.5 Å². The van der Waals surface area contributed by atoms with Crippen LogP contribution in [0.3, 0.4) is 0 Å². The standard InChI is InChI=1S/C14H22N4/c1-17(2)13-4-3-9-18(10-13)12-7-5-11(6-8-12)14(15)16/h5-8,13H,3-4,9-10H2,1-2H3,(H3,15,16). The summed E-state index contributed by atoms with van der Waals surface area (Å²) in [6.45, 7) is 2.19. The van der Waals surface area contributed by atoms with Gasteiger partial charge in [-0.2, -0.15) is 0 Å². The van der Waals surface area contributed by atoms with Crippen molar-refractivity contribution < 1.29 is 0 Å². The molecular weight excluding hydrogens is 224 g/mol. The Morgan fingerprint density at radius 1 is 1.33 bits per heavy atom. The SMILES string of the molecule is CN(C)C1CCCN(c2ccc(C(=N)N)cc2)C1. The maximum Gasteiger partial charge on any atom is 0.122 e. The number of likely N-dealkylation sites (N-methyl/N-ethyl adjacent to an activating group) is 1. The van der Waals surface area contributed by atoms with Crippen LogP contribution in [0.1, 0.15) is 18.4 Å². The Balaban J connectivity index is 2.09. The van der Waals surface area contributed by atoms with Gasteiger partial charge in [0.2, 0.25) is 0 Å². The summed E-state index contributed by atoms with van der Waals surface area (Å²) in [5, 5.41) is 7.40. The van der Waals surface area contributed by atoms with Gasteiger partial charge in [-0.25, -0.2) is 0 Å². The Bertz CT molecular complexity index is 410. The number of nitrogen functional groups attached to an aromatic ring is 1. The van der Waals surface area contributed by atoms with Crippen molar-refractivity contribution in [3.8, 4) is 0 Å². The van der Waals surface area contributed by atoms with Gasteiger partial charge in [-0.3, -0.25) is 5.41 Å². The Kier molecular flexibility index (Phi) is 3.87. The van der Waals surface area contributed by atoms with E-state index >= 15 is 0 Å². The van der Waals surface area contributed by atoms with Crippen molar-refractivity contribution in [2.45, 2.75) is 18.9 Å². The number of nitrogens with one attached hydrogen (secondary N) is 1. The third-order valence-corrected chi connectivity index (χ3v) is 3.67. The van der Waals surface area contributed by atoms with Gasteiger partial charge in [-0.1, -0.05) is 0 Å². The molecule has 0 aliphatic carbocycles. The molecule has 0 aromatic heterocycles. The van der Waals surface area contributed by atoms with Gasteiger partial charge in [0.25, 0.3) is 0 Å². The number of benzene rings is 1. The van der Waals surface area contributed by atoms with Crippen molar-refractivity contribution in [2.75, 3.05) is 32.1 Å². The number of rotatable bonds is 3. The largest absolute Gasteiger partial charge is 0.384 e. The van der Waals surface area contributed by atoms with Crippen LogP contribution in [-0.2, 0) is 0 Å². The maximum atomic E-state index is 7.40. The average Bonchev–Trinajstić information content (AvgIpc) is 2.39. The maximum absolute atomic E-state index is 7.40. The number of nitrogens with two attached hydrogens (primary N) is 1. The van der Waals surface area contributed by atoms with Gasteiger partial charge in [-0.15, -0.1) is 0 Å². The lowest BCUT2D eigenvalue weighted by Gasteiger charge is -2.37. The van der Waals surface area contributed by atoms with Crippen LogP contribution in [0.4, 0.5) is 5.69 Å². The molecule has 4 heteroatoms. The number of piperidine rings is 1. The number of hydrogen-bond donors (Lipinski definition) is 2. The van der Waals surface area contributed by atoms with Crippen LogP contribution in [0.25, 0.3) is 0 Å². The molecule has 0 amide bonds. The van der Waals surface area contributed by atoms with Gasteiger partial charge < -0.3 is 15.5 Å². The third kappa shape index (κ3) is 2.82. The van der Waals surface area contributed by atoms with Crippen LogP contribution in [0.2, 0.25) is 0 Å². The molecule has 1 aliphatic heterocycles. The molecule has 0 radical (unpaired) electrons. The molecule has 18 heavy (non-hydrogen) atoms. The van der Waals surface area contributed by atoms with E-state index in [-0.39, 0.29) is 5.84 Å². The molecule has 0 spiro atoms. The molecule has 1 aromatic rings. The lowest BCUT2D eigenvalue weighted by molar-refractivity contribution is 0.258. The fourth-order valence-electron chi connectivity index (χ4n) is 2.46. The molecule has 98 valence electrons. The summed E-state index contributed by atoms with van der Waals surface area (Å²) < 4.78 is 0. The fourth-order valence-corrected chi connectivity index (χ4v) is 2.46. The predicted octanol–water partition coefficient (Wildman–Crippen LogP) is 1.50. The summed E-state index contributed by atoms with van der Waals surface area (Å²) in [6, 6.07) is 8.61. The van der Waals surface area contributed by atoms with Crippen molar-refractivity contribution in [1.82, 2.24) is 4.90 Å². The summed E-state index contributed by atoms with van der Waals surface area (Å²) in [4.78, 5) is 4.72. The summed E-state index contributed by atoms with van der Waals surface area (Å²) in [6.07, 6.45) is 2.51. The first-order valence-corrected chi connectivity index (χ1v) is 6.44. The molecule has 1 saturated heterocycles. The van der Waals surface area contributed by atoms with Crippen molar-refractivity contribution in [3.05, 3.63) is 29.8 Å². The number of nitrogens with zero attached hydrogens (tertiary/aromatic N) is 2. The predicted molar refractivity (Wildman–Crippen MR) is 76.4 cm³/mol. The average molecular weight is 246 g/mol. The highest BCUT2D eigenvalue weighted by molar-refractivity contribution is 5.95. The summed E-state index contributed by atoms with van der Waals surface area (Å²) >= 11 is 0. The van der Waals surface area contributed by atoms with E-state index in [2.05, 4.69) is 36.0 Å². The third-order valence-electron chi connectivity index (χ3n) is 3.67. The summed E-state index contributed by atoms with van der Waals surface area (Å²) in [7, 11) is 4.29. The molecule has 0 bridgehead atoms. The number of hydrogen-bond acceptors (Lipinski definition) is 3. The second-order valence-electron chi connectivity index (χ2n) is 5.17. The first kappa shape index (κ1) is 12.9. The summed E-state index contributed by atoms with van der Waals surface area (Å²) in [5.74, 6) is 0.131. The highest BCUT2D eigenvalue weighted by atomic mass is 15.2. The second kappa shape index (κ2) is 5.40. The van der Waals surface area contributed by atoms with Crippen molar-refractivity contribution in [1.29, 1.82) is 5.41 Å². The zero-order valence-electron chi connectivity index (χ0n) is 11.2. The number of amidine groups is 1. The van der Waals surface area contributed by atoms with E-state index in [1.807, 2.05) is 12.1 Å². The first-order valence-electron chi connectivity index (χ1n) is 6.44. The van der Waals surface area contributed by atoms with E-state index < -0.39 is 0 Å². The highest BCUT2D eigenvalue weighted by Crippen LogP contribution is 2.21. The monoisotopic (exact) mass is 246 g/mol. The second-order valence-corrected chi connectivity index (χ2v) is 5.17. The molecule has 1 aliphatic rings. The normalized spacial score (nSPS) is 20.2. The molecule has 2 rings (SSSR count). The molecule has 1 fully saturated rings. The Morgan fingerprint density at radius 3 is 2.56 bits per heavy atom. The molecule has 3 N–H and O–H groups in total. The van der Waals surface area contributed by atoms with Gasteiger partial charge in [0.15, 0.2) is 0 Å². The van der Waals surface area contributed by atoms with Crippen LogP contribution >= 0.6 is 0 Å². The van der Waals surface area contributed by atoms with Crippen LogP contribution in [0, 0.1) is 5.41 Å². The quantitative estimate of drug-likeness (QED) is 0.628. The van der Waals surface area contributed by atoms with E-state index in [4.69, 9.17) is 11.1 Å². The van der Waals surface area contributed by atoms with Crippen molar-refractivity contribution in [2.24, 2.45) is 5.73 Å². The topological polar surface area (TPSA) is 56.4 Å². The number of anilines is 1. The van der Waals surface area contributed by atoms with Crippen LogP contribution in [0.15, 0.2) is 24.3 Å². The van der Waals surface area contributed by atoms with E-state index in [0.29, 0.717) is 6.04 Å². The Hall–Kier alpha value is -1.55. The molecule has 1 atom stereocenters. The van der Waals surface area contributed by atoms with Gasteiger partial charge >= 0.3 is 0 Å². The van der Waals surface area contributed by atoms with Gasteiger partial charge in [0.05, 0.1) is 0 Å². The van der Waals surface area contributed by atoms with Crippen LogP contribution < -0.4 is 10.6 Å². The Labute approximate surface area is 109 Å². The zero-order chi connectivity index (χ0) is 13.1. The lowest BCUT2D eigenvalue weighted by Crippen LogP contribution is -2.45. The van der Waals surface area contributed by atoms with Crippen molar-refractivity contribution in [3.63, 3.8) is 0 Å². The van der Waals surface area contributed by atoms with E-state index in [1.54, 1.807) is 0 Å². The minimum atomic E-state index is 0.131. The molecule has 1 aromatic carbocycles. The van der Waals surface area contributed by atoms with Gasteiger partial charge in [0, 0.05) is 30.4 Å². The highest BCUT2D eigenvalue weighted by Gasteiger charge is 2.21. The van der Waals surface area contributed by atoms with Gasteiger partial charge in [-0.05, 0) is 51.2 Å². The molecule has 4 nitrogen and oxygen atoms in total. The first-order chi connectivity index (χ1) is 8.58. The van der Waals surface area contributed by atoms with E-state index in [9.17, 15) is 0 Å². The molecule has 0 saturated carbocycles. The van der Waals surface area contributed by atoms with E-state index in [0.717, 1.165) is 18.7 Å². The van der Waals surface area contributed by atoms with Crippen molar-refractivity contribution >= 4 is 11.5 Å². The smallest absolute Gasteiger partial charge is 0.122 e. The molecule has 1 unspecified atom stereocenters. The summed E-state index contributed by atoms with van der Waals surface area (Å²) in [5.41, 5.74) is 7.49. The molecule has 1 heterocycles.